The molecule has 2 N–H and O–H groups in total. The predicted octanol–water partition coefficient (Wildman–Crippen LogP) is 1.40. The zero-order valence-electron chi connectivity index (χ0n) is 17.4. The molecule has 1 heterocycles. The van der Waals surface area contributed by atoms with E-state index in [0.717, 1.165) is 23.0 Å². The SMILES string of the molecule is CCNC(=NCC(C)Oc1cccc(OC)c1)NCCS(=O)(=O)N1CCSCC1. The average molecular weight is 445 g/mol. The lowest BCUT2D eigenvalue weighted by molar-refractivity contribution is 0.229. The Labute approximate surface area is 178 Å². The summed E-state index contributed by atoms with van der Waals surface area (Å²) >= 11 is 1.79. The first-order chi connectivity index (χ1) is 13.9. The third-order valence-electron chi connectivity index (χ3n) is 4.25. The number of benzene rings is 1. The van der Waals surface area contributed by atoms with Crippen LogP contribution in [0, 0.1) is 0 Å². The summed E-state index contributed by atoms with van der Waals surface area (Å²) in [5, 5.41) is 6.24. The summed E-state index contributed by atoms with van der Waals surface area (Å²) in [7, 11) is -1.62. The smallest absolute Gasteiger partial charge is 0.215 e. The Morgan fingerprint density at radius 3 is 2.69 bits per heavy atom. The number of aliphatic imine (C=N–C) groups is 1. The van der Waals surface area contributed by atoms with E-state index in [0.29, 0.717) is 38.7 Å². The molecule has 29 heavy (non-hydrogen) atoms. The van der Waals surface area contributed by atoms with Gasteiger partial charge in [0.1, 0.15) is 17.6 Å². The molecule has 1 fully saturated rings. The zero-order chi connectivity index (χ0) is 21.1. The molecule has 1 aromatic carbocycles. The number of guanidine groups is 1. The molecule has 1 aliphatic rings. The Morgan fingerprint density at radius 1 is 1.28 bits per heavy atom. The second-order valence-electron chi connectivity index (χ2n) is 6.58. The van der Waals surface area contributed by atoms with Gasteiger partial charge in [0.15, 0.2) is 5.96 Å². The minimum Gasteiger partial charge on any atom is -0.497 e. The summed E-state index contributed by atoms with van der Waals surface area (Å²) in [6.07, 6.45) is -0.146. The maximum Gasteiger partial charge on any atom is 0.215 e. The van der Waals surface area contributed by atoms with Gasteiger partial charge in [-0.2, -0.15) is 11.8 Å². The second-order valence-corrected chi connectivity index (χ2v) is 9.89. The number of nitrogens with zero attached hydrogens (tertiary/aromatic N) is 2. The number of rotatable bonds is 10. The van der Waals surface area contributed by atoms with Gasteiger partial charge in [-0.25, -0.2) is 17.7 Å². The van der Waals surface area contributed by atoms with Crippen LogP contribution < -0.4 is 20.1 Å². The highest BCUT2D eigenvalue weighted by Gasteiger charge is 2.23. The van der Waals surface area contributed by atoms with Gasteiger partial charge in [-0.05, 0) is 26.0 Å². The number of methoxy groups -OCH3 is 1. The van der Waals surface area contributed by atoms with Gasteiger partial charge >= 0.3 is 0 Å². The van der Waals surface area contributed by atoms with E-state index >= 15 is 0 Å². The van der Waals surface area contributed by atoms with Crippen molar-refractivity contribution >= 4 is 27.7 Å². The molecular weight excluding hydrogens is 412 g/mol. The van der Waals surface area contributed by atoms with Crippen molar-refractivity contribution in [2.75, 3.05) is 57.1 Å². The molecular formula is C19H32N4O4S2. The zero-order valence-corrected chi connectivity index (χ0v) is 19.0. The number of hydrogen-bond acceptors (Lipinski definition) is 6. The van der Waals surface area contributed by atoms with Crippen molar-refractivity contribution in [1.82, 2.24) is 14.9 Å². The first-order valence-corrected chi connectivity index (χ1v) is 12.6. The van der Waals surface area contributed by atoms with E-state index in [-0.39, 0.29) is 11.9 Å². The fourth-order valence-electron chi connectivity index (χ4n) is 2.76. The minimum atomic E-state index is -3.23. The van der Waals surface area contributed by atoms with Gasteiger partial charge in [-0.15, -0.1) is 0 Å². The van der Waals surface area contributed by atoms with Gasteiger partial charge in [0.25, 0.3) is 0 Å². The lowest BCUT2D eigenvalue weighted by Gasteiger charge is -2.25. The minimum absolute atomic E-state index is 0.0535. The monoisotopic (exact) mass is 444 g/mol. The summed E-state index contributed by atoms with van der Waals surface area (Å²) in [5.41, 5.74) is 0. The number of hydrogen-bond donors (Lipinski definition) is 2. The maximum atomic E-state index is 12.4. The predicted molar refractivity (Wildman–Crippen MR) is 120 cm³/mol. The van der Waals surface area contributed by atoms with Crippen LogP contribution in [-0.4, -0.2) is 81.9 Å². The standard InChI is InChI=1S/C19H32N4O4S2/c1-4-20-19(21-8-13-29(24,25)23-9-11-28-12-10-23)22-15-16(2)27-18-7-5-6-17(14-18)26-3/h5-7,14,16H,4,8-13,15H2,1-3H3,(H2,20,21,22). The third kappa shape index (κ3) is 8.31. The summed E-state index contributed by atoms with van der Waals surface area (Å²) in [4.78, 5) is 4.51. The highest BCUT2D eigenvalue weighted by Crippen LogP contribution is 2.20. The molecule has 1 atom stereocenters. The van der Waals surface area contributed by atoms with E-state index < -0.39 is 10.0 Å². The topological polar surface area (TPSA) is 92.3 Å². The van der Waals surface area contributed by atoms with Crippen molar-refractivity contribution in [1.29, 1.82) is 0 Å². The fraction of sp³-hybridized carbons (Fsp3) is 0.632. The van der Waals surface area contributed by atoms with Crippen LogP contribution in [0.3, 0.4) is 0 Å². The highest BCUT2D eigenvalue weighted by molar-refractivity contribution is 7.99. The van der Waals surface area contributed by atoms with Crippen molar-refractivity contribution in [3.63, 3.8) is 0 Å². The molecule has 0 bridgehead atoms. The van der Waals surface area contributed by atoms with E-state index in [1.54, 1.807) is 23.2 Å². The largest absolute Gasteiger partial charge is 0.497 e. The van der Waals surface area contributed by atoms with E-state index in [9.17, 15) is 8.42 Å². The molecule has 0 amide bonds. The second kappa shape index (κ2) is 12.1. The molecule has 1 aromatic rings. The first kappa shape index (κ1) is 23.6. The van der Waals surface area contributed by atoms with Crippen molar-refractivity contribution in [2.24, 2.45) is 4.99 Å². The molecule has 1 saturated heterocycles. The first-order valence-electron chi connectivity index (χ1n) is 9.83. The van der Waals surface area contributed by atoms with Crippen molar-refractivity contribution < 1.29 is 17.9 Å². The Hall–Kier alpha value is -1.65. The number of ether oxygens (including phenoxy) is 2. The number of nitrogens with one attached hydrogen (secondary N) is 2. The van der Waals surface area contributed by atoms with Crippen LogP contribution in [0.5, 0.6) is 11.5 Å². The molecule has 1 unspecified atom stereocenters. The Morgan fingerprint density at radius 2 is 2.00 bits per heavy atom. The van der Waals surface area contributed by atoms with Gasteiger partial charge < -0.3 is 20.1 Å². The molecule has 8 nitrogen and oxygen atoms in total. The molecule has 164 valence electrons. The van der Waals surface area contributed by atoms with Crippen LogP contribution in [0.4, 0.5) is 0 Å². The van der Waals surface area contributed by atoms with Gasteiger partial charge in [0, 0.05) is 43.8 Å². The third-order valence-corrected chi connectivity index (χ3v) is 7.06. The van der Waals surface area contributed by atoms with Gasteiger partial charge in [0.05, 0.1) is 19.4 Å². The lowest BCUT2D eigenvalue weighted by atomic mass is 10.3. The van der Waals surface area contributed by atoms with Crippen LogP contribution in [-0.2, 0) is 10.0 Å². The molecule has 1 aliphatic heterocycles. The summed E-state index contributed by atoms with van der Waals surface area (Å²) in [6, 6.07) is 7.43. The molecule has 0 saturated carbocycles. The van der Waals surface area contributed by atoms with Crippen LogP contribution in [0.15, 0.2) is 29.3 Å². The summed E-state index contributed by atoms with van der Waals surface area (Å²) in [6.45, 7) is 6.53. The van der Waals surface area contributed by atoms with Crippen molar-refractivity contribution in [3.05, 3.63) is 24.3 Å². The van der Waals surface area contributed by atoms with Crippen LogP contribution in [0.25, 0.3) is 0 Å². The molecule has 0 spiro atoms. The van der Waals surface area contributed by atoms with Gasteiger partial charge in [0.2, 0.25) is 10.0 Å². The lowest BCUT2D eigenvalue weighted by Crippen LogP contribution is -2.44. The molecule has 0 aromatic heterocycles. The van der Waals surface area contributed by atoms with Gasteiger partial charge in [-0.3, -0.25) is 0 Å². The van der Waals surface area contributed by atoms with E-state index in [1.807, 2.05) is 38.1 Å². The van der Waals surface area contributed by atoms with E-state index in [1.165, 1.54) is 0 Å². The van der Waals surface area contributed by atoms with E-state index in [2.05, 4.69) is 15.6 Å². The summed E-state index contributed by atoms with van der Waals surface area (Å²) < 4.78 is 37.5. The number of thioether (sulfide) groups is 1. The quantitative estimate of drug-likeness (QED) is 0.416. The fourth-order valence-corrected chi connectivity index (χ4v) is 5.25. The van der Waals surface area contributed by atoms with Crippen molar-refractivity contribution in [2.45, 2.75) is 20.0 Å². The Balaban J connectivity index is 1.83. The van der Waals surface area contributed by atoms with Crippen LogP contribution >= 0.6 is 11.8 Å². The highest BCUT2D eigenvalue weighted by atomic mass is 32.2. The van der Waals surface area contributed by atoms with Crippen molar-refractivity contribution in [3.8, 4) is 11.5 Å². The van der Waals surface area contributed by atoms with E-state index in [4.69, 9.17) is 9.47 Å². The molecule has 0 radical (unpaired) electrons. The summed E-state index contributed by atoms with van der Waals surface area (Å²) in [5.74, 6) is 3.82. The Kier molecular flexibility index (Phi) is 9.89. The molecule has 2 rings (SSSR count). The number of sulfonamides is 1. The molecule has 0 aliphatic carbocycles. The van der Waals surface area contributed by atoms with Crippen LogP contribution in [0.1, 0.15) is 13.8 Å². The van der Waals surface area contributed by atoms with Crippen LogP contribution in [0.2, 0.25) is 0 Å². The maximum absolute atomic E-state index is 12.4. The normalized spacial score (nSPS) is 16.9. The Bertz CT molecular complexity index is 752. The average Bonchev–Trinajstić information content (AvgIpc) is 2.72. The van der Waals surface area contributed by atoms with Gasteiger partial charge in [-0.1, -0.05) is 6.07 Å². The molecule has 10 heteroatoms.